The van der Waals surface area contributed by atoms with Crippen LogP contribution in [0.15, 0.2) is 21.3 Å². The fraction of sp³-hybridized carbons (Fsp3) is 0.333. The smallest absolute Gasteiger partial charge is 0.270 e. The quantitative estimate of drug-likeness (QED) is 0.399. The highest BCUT2D eigenvalue weighted by atomic mass is 32.1. The lowest BCUT2D eigenvalue weighted by Crippen LogP contribution is -2.25. The lowest BCUT2D eigenvalue weighted by atomic mass is 10.3. The van der Waals surface area contributed by atoms with Crippen LogP contribution in [0.3, 0.4) is 0 Å². The van der Waals surface area contributed by atoms with E-state index in [0.29, 0.717) is 18.8 Å². The van der Waals surface area contributed by atoms with Crippen LogP contribution in [0.5, 0.6) is 0 Å². The van der Waals surface area contributed by atoms with Crippen LogP contribution < -0.4 is 16.8 Å². The Morgan fingerprint density at radius 3 is 2.90 bits per heavy atom. The van der Waals surface area contributed by atoms with Crippen molar-refractivity contribution in [1.82, 2.24) is 15.3 Å². The number of nitrogens with zero attached hydrogens (tertiary/aromatic N) is 3. The first kappa shape index (κ1) is 15.4. The molecule has 9 heteroatoms. The van der Waals surface area contributed by atoms with Gasteiger partial charge in [0.1, 0.15) is 16.4 Å². The molecule has 2 aromatic rings. The molecular formula is C12H16N6OS2. The molecule has 7 nitrogen and oxygen atoms in total. The topological polar surface area (TPSA) is 119 Å². The standard InChI is InChI=1S/C12H16N6OS2/c13-12(14)16-4-2-1-3-15-10(19)8-6-21-11(18-8)9-5-20-7-17-9/h5-7H,1-4H2,(H,15,19)(H4,13,14,16). The highest BCUT2D eigenvalue weighted by molar-refractivity contribution is 7.14. The third kappa shape index (κ3) is 4.80. The SMILES string of the molecule is NC(N)=NCCCCNC(=O)c1csc(-c2cscn2)n1. The zero-order valence-corrected chi connectivity index (χ0v) is 12.9. The number of amides is 1. The molecule has 0 aromatic carbocycles. The number of thiazole rings is 2. The lowest BCUT2D eigenvalue weighted by Gasteiger charge is -2.02. The second kappa shape index (κ2) is 7.70. The molecular weight excluding hydrogens is 308 g/mol. The number of carbonyl (C=O) groups excluding carboxylic acids is 1. The molecule has 21 heavy (non-hydrogen) atoms. The Bertz CT molecular complexity index is 603. The molecule has 0 saturated heterocycles. The van der Waals surface area contributed by atoms with Gasteiger partial charge in [-0.2, -0.15) is 0 Å². The number of rotatable bonds is 7. The van der Waals surface area contributed by atoms with Crippen molar-refractivity contribution in [1.29, 1.82) is 0 Å². The van der Waals surface area contributed by atoms with Crippen LogP contribution in [0, 0.1) is 0 Å². The Morgan fingerprint density at radius 1 is 1.33 bits per heavy atom. The molecule has 0 aliphatic rings. The van der Waals surface area contributed by atoms with E-state index in [1.165, 1.54) is 22.7 Å². The fourth-order valence-electron chi connectivity index (χ4n) is 1.55. The first-order valence-corrected chi connectivity index (χ1v) is 8.16. The molecule has 0 spiro atoms. The first-order chi connectivity index (χ1) is 10.2. The Balaban J connectivity index is 1.75. The van der Waals surface area contributed by atoms with Crippen LogP contribution in [-0.2, 0) is 0 Å². The predicted octanol–water partition coefficient (Wildman–Crippen LogP) is 1.05. The second-order valence-corrected chi connectivity index (χ2v) is 5.76. The maximum atomic E-state index is 11.9. The van der Waals surface area contributed by atoms with E-state index >= 15 is 0 Å². The zero-order valence-electron chi connectivity index (χ0n) is 11.3. The van der Waals surface area contributed by atoms with Gasteiger partial charge in [0.05, 0.1) is 5.51 Å². The number of unbranched alkanes of at least 4 members (excludes halogenated alkanes) is 1. The summed E-state index contributed by atoms with van der Waals surface area (Å²) in [5, 5.41) is 7.23. The van der Waals surface area contributed by atoms with Crippen molar-refractivity contribution < 1.29 is 4.79 Å². The number of aromatic nitrogens is 2. The molecule has 0 aliphatic carbocycles. The number of aliphatic imine (C=N–C) groups is 1. The van der Waals surface area contributed by atoms with Crippen molar-refractivity contribution in [2.24, 2.45) is 16.5 Å². The van der Waals surface area contributed by atoms with Crippen molar-refractivity contribution in [3.8, 4) is 10.7 Å². The minimum Gasteiger partial charge on any atom is -0.370 e. The van der Waals surface area contributed by atoms with E-state index in [9.17, 15) is 4.79 Å². The van der Waals surface area contributed by atoms with E-state index in [2.05, 4.69) is 20.3 Å². The highest BCUT2D eigenvalue weighted by Gasteiger charge is 2.12. The Morgan fingerprint density at radius 2 is 2.19 bits per heavy atom. The molecule has 2 aromatic heterocycles. The zero-order chi connectivity index (χ0) is 15.1. The van der Waals surface area contributed by atoms with Gasteiger partial charge in [0.25, 0.3) is 5.91 Å². The highest BCUT2D eigenvalue weighted by Crippen LogP contribution is 2.23. The van der Waals surface area contributed by atoms with E-state index in [1.807, 2.05) is 5.38 Å². The van der Waals surface area contributed by atoms with Crippen molar-refractivity contribution in [3.63, 3.8) is 0 Å². The van der Waals surface area contributed by atoms with Gasteiger partial charge in [-0.05, 0) is 12.8 Å². The minimum absolute atomic E-state index is 0.0936. The number of guanidine groups is 1. The molecule has 2 heterocycles. The summed E-state index contributed by atoms with van der Waals surface area (Å²) in [5.41, 5.74) is 13.4. The molecule has 0 aliphatic heterocycles. The molecule has 0 fully saturated rings. The van der Waals surface area contributed by atoms with E-state index in [1.54, 1.807) is 10.9 Å². The van der Waals surface area contributed by atoms with Gasteiger partial charge in [0.2, 0.25) is 0 Å². The van der Waals surface area contributed by atoms with Gasteiger partial charge >= 0.3 is 0 Å². The second-order valence-electron chi connectivity index (χ2n) is 4.18. The van der Waals surface area contributed by atoms with E-state index in [4.69, 9.17) is 11.5 Å². The summed E-state index contributed by atoms with van der Waals surface area (Å²) < 4.78 is 0. The average Bonchev–Trinajstić information content (AvgIpc) is 3.11. The molecule has 0 saturated carbocycles. The number of nitrogens with two attached hydrogens (primary N) is 2. The number of carbonyl (C=O) groups is 1. The van der Waals surface area contributed by atoms with Crippen molar-refractivity contribution in [3.05, 3.63) is 22.0 Å². The molecule has 112 valence electrons. The molecule has 5 N–H and O–H groups in total. The summed E-state index contributed by atoms with van der Waals surface area (Å²) in [4.78, 5) is 24.2. The molecule has 1 amide bonds. The van der Waals surface area contributed by atoms with Crippen LogP contribution in [-0.4, -0.2) is 34.9 Å². The van der Waals surface area contributed by atoms with Gasteiger partial charge in [-0.25, -0.2) is 9.97 Å². The minimum atomic E-state index is -0.172. The molecule has 2 rings (SSSR count). The van der Waals surface area contributed by atoms with Crippen LogP contribution in [0.2, 0.25) is 0 Å². The van der Waals surface area contributed by atoms with E-state index in [-0.39, 0.29) is 11.9 Å². The summed E-state index contributed by atoms with van der Waals surface area (Å²) in [6.07, 6.45) is 1.63. The van der Waals surface area contributed by atoms with Crippen molar-refractivity contribution >= 4 is 34.5 Å². The van der Waals surface area contributed by atoms with Crippen LogP contribution >= 0.6 is 22.7 Å². The largest absolute Gasteiger partial charge is 0.370 e. The third-order valence-corrected chi connectivity index (χ3v) is 4.00. The Labute approximate surface area is 130 Å². The van der Waals surface area contributed by atoms with Crippen LogP contribution in [0.1, 0.15) is 23.3 Å². The first-order valence-electron chi connectivity index (χ1n) is 6.34. The van der Waals surface area contributed by atoms with E-state index < -0.39 is 0 Å². The number of nitrogens with one attached hydrogen (secondary N) is 1. The maximum Gasteiger partial charge on any atom is 0.270 e. The molecule has 0 bridgehead atoms. The maximum absolute atomic E-state index is 11.9. The summed E-state index contributed by atoms with van der Waals surface area (Å²) in [7, 11) is 0. The summed E-state index contributed by atoms with van der Waals surface area (Å²) in [6, 6.07) is 0. The van der Waals surface area contributed by atoms with Gasteiger partial charge in [-0.15, -0.1) is 22.7 Å². The van der Waals surface area contributed by atoms with Gasteiger partial charge in [-0.3, -0.25) is 9.79 Å². The Hall–Kier alpha value is -2.00. The lowest BCUT2D eigenvalue weighted by molar-refractivity contribution is 0.0949. The fourth-order valence-corrected chi connectivity index (χ4v) is 2.93. The number of hydrogen-bond donors (Lipinski definition) is 3. The van der Waals surface area contributed by atoms with Gasteiger partial charge < -0.3 is 16.8 Å². The Kier molecular flexibility index (Phi) is 5.64. The normalized spacial score (nSPS) is 10.3. The van der Waals surface area contributed by atoms with Gasteiger partial charge in [-0.1, -0.05) is 0 Å². The van der Waals surface area contributed by atoms with Crippen molar-refractivity contribution in [2.75, 3.05) is 13.1 Å². The van der Waals surface area contributed by atoms with Gasteiger partial charge in [0, 0.05) is 23.8 Å². The third-order valence-electron chi connectivity index (χ3n) is 2.55. The average molecular weight is 324 g/mol. The van der Waals surface area contributed by atoms with Crippen LogP contribution in [0.25, 0.3) is 10.7 Å². The number of hydrogen-bond acceptors (Lipinski definition) is 6. The van der Waals surface area contributed by atoms with E-state index in [0.717, 1.165) is 23.5 Å². The predicted molar refractivity (Wildman–Crippen MR) is 85.5 cm³/mol. The summed E-state index contributed by atoms with van der Waals surface area (Å²) in [6.45, 7) is 1.14. The van der Waals surface area contributed by atoms with Gasteiger partial charge in [0.15, 0.2) is 5.96 Å². The molecule has 0 radical (unpaired) electrons. The van der Waals surface area contributed by atoms with Crippen LogP contribution in [0.4, 0.5) is 0 Å². The molecule has 0 atom stereocenters. The summed E-state index contributed by atoms with van der Waals surface area (Å²) in [5.74, 6) is -0.0781. The molecule has 0 unspecified atom stereocenters. The summed E-state index contributed by atoms with van der Waals surface area (Å²) >= 11 is 2.91. The monoisotopic (exact) mass is 324 g/mol. The van der Waals surface area contributed by atoms with Crippen molar-refractivity contribution in [2.45, 2.75) is 12.8 Å².